The zero-order chi connectivity index (χ0) is 13.0. The van der Waals surface area contributed by atoms with Crippen LogP contribution < -0.4 is 11.1 Å². The summed E-state index contributed by atoms with van der Waals surface area (Å²) in [5, 5.41) is 4.68. The zero-order valence-electron chi connectivity index (χ0n) is 10.8. The zero-order valence-corrected chi connectivity index (χ0v) is 11.6. The second-order valence-electron chi connectivity index (χ2n) is 4.31. The lowest BCUT2D eigenvalue weighted by Gasteiger charge is -2.18. The second-order valence-corrected chi connectivity index (χ2v) is 5.22. The number of para-hydroxylation sites is 1. The van der Waals surface area contributed by atoms with Crippen LogP contribution in [0, 0.1) is 0 Å². The number of benzene rings is 1. The SMILES string of the molecule is CCC(CSC)Nc1ccnc2c(N)cccc12. The van der Waals surface area contributed by atoms with E-state index in [0.717, 1.165) is 34.5 Å². The minimum Gasteiger partial charge on any atom is -0.397 e. The van der Waals surface area contributed by atoms with E-state index in [9.17, 15) is 0 Å². The highest BCUT2D eigenvalue weighted by Gasteiger charge is 2.09. The van der Waals surface area contributed by atoms with Gasteiger partial charge in [-0.05, 0) is 24.8 Å². The lowest BCUT2D eigenvalue weighted by Crippen LogP contribution is -2.21. The van der Waals surface area contributed by atoms with Crippen LogP contribution in [0.2, 0.25) is 0 Å². The predicted octanol–water partition coefficient (Wildman–Crippen LogP) is 3.37. The fourth-order valence-electron chi connectivity index (χ4n) is 2.01. The van der Waals surface area contributed by atoms with Gasteiger partial charge in [0, 0.05) is 29.1 Å². The molecule has 1 aromatic heterocycles. The Kier molecular flexibility index (Phi) is 4.31. The number of pyridine rings is 1. The normalized spacial score (nSPS) is 12.6. The maximum absolute atomic E-state index is 5.95. The third-order valence-electron chi connectivity index (χ3n) is 3.02. The highest BCUT2D eigenvalue weighted by molar-refractivity contribution is 7.98. The van der Waals surface area contributed by atoms with Crippen LogP contribution in [-0.2, 0) is 0 Å². The summed E-state index contributed by atoms with van der Waals surface area (Å²) in [4.78, 5) is 4.35. The summed E-state index contributed by atoms with van der Waals surface area (Å²) in [5.41, 5.74) is 8.68. The molecule has 0 amide bonds. The fraction of sp³-hybridized carbons (Fsp3) is 0.357. The average Bonchev–Trinajstić information content (AvgIpc) is 2.39. The van der Waals surface area contributed by atoms with Crippen molar-refractivity contribution in [1.29, 1.82) is 0 Å². The first-order valence-corrected chi connectivity index (χ1v) is 7.54. The van der Waals surface area contributed by atoms with E-state index in [1.807, 2.05) is 36.2 Å². The van der Waals surface area contributed by atoms with Crippen molar-refractivity contribution >= 4 is 34.0 Å². The van der Waals surface area contributed by atoms with Gasteiger partial charge in [0.2, 0.25) is 0 Å². The first-order valence-electron chi connectivity index (χ1n) is 6.15. The van der Waals surface area contributed by atoms with Crippen LogP contribution in [-0.4, -0.2) is 23.0 Å². The topological polar surface area (TPSA) is 50.9 Å². The fourth-order valence-corrected chi connectivity index (χ4v) is 2.73. The van der Waals surface area contributed by atoms with Crippen LogP contribution in [0.1, 0.15) is 13.3 Å². The molecule has 2 aromatic rings. The molecule has 0 radical (unpaired) electrons. The first kappa shape index (κ1) is 13.0. The molecule has 3 N–H and O–H groups in total. The summed E-state index contributed by atoms with van der Waals surface area (Å²) in [6, 6.07) is 8.42. The van der Waals surface area contributed by atoms with Crippen LogP contribution in [0.5, 0.6) is 0 Å². The van der Waals surface area contributed by atoms with Gasteiger partial charge in [0.1, 0.15) is 0 Å². The lowest BCUT2D eigenvalue weighted by molar-refractivity contribution is 0.776. The number of rotatable bonds is 5. The molecule has 3 nitrogen and oxygen atoms in total. The van der Waals surface area contributed by atoms with E-state index < -0.39 is 0 Å². The van der Waals surface area contributed by atoms with Crippen molar-refractivity contribution in [3.8, 4) is 0 Å². The molecule has 0 aliphatic carbocycles. The van der Waals surface area contributed by atoms with Crippen molar-refractivity contribution in [3.63, 3.8) is 0 Å². The number of aromatic nitrogens is 1. The van der Waals surface area contributed by atoms with Gasteiger partial charge < -0.3 is 11.1 Å². The molecule has 18 heavy (non-hydrogen) atoms. The van der Waals surface area contributed by atoms with E-state index >= 15 is 0 Å². The van der Waals surface area contributed by atoms with Crippen LogP contribution in [0.3, 0.4) is 0 Å². The molecule has 0 fully saturated rings. The standard InChI is InChI=1S/C14H19N3S/c1-3-10(9-18-2)17-13-7-8-16-14-11(13)5-4-6-12(14)15/h4-8,10H,3,9,15H2,1-2H3,(H,16,17). The highest BCUT2D eigenvalue weighted by atomic mass is 32.2. The van der Waals surface area contributed by atoms with E-state index in [2.05, 4.69) is 29.5 Å². The number of hydrogen-bond donors (Lipinski definition) is 2. The third kappa shape index (κ3) is 2.70. The van der Waals surface area contributed by atoms with Crippen LogP contribution in [0.25, 0.3) is 10.9 Å². The molecule has 1 aromatic carbocycles. The molecule has 0 spiro atoms. The number of thioether (sulfide) groups is 1. The number of nitrogens with one attached hydrogen (secondary N) is 1. The second kappa shape index (κ2) is 5.96. The van der Waals surface area contributed by atoms with Crippen molar-refractivity contribution in [2.45, 2.75) is 19.4 Å². The molecule has 0 saturated heterocycles. The molecule has 1 unspecified atom stereocenters. The summed E-state index contributed by atoms with van der Waals surface area (Å²) in [6.45, 7) is 2.20. The Balaban J connectivity index is 2.36. The van der Waals surface area contributed by atoms with Crippen LogP contribution in [0.4, 0.5) is 11.4 Å². The molecule has 1 atom stereocenters. The monoisotopic (exact) mass is 261 g/mol. The Morgan fingerprint density at radius 3 is 2.94 bits per heavy atom. The summed E-state index contributed by atoms with van der Waals surface area (Å²) in [5.74, 6) is 1.10. The largest absolute Gasteiger partial charge is 0.397 e. The molecule has 0 bridgehead atoms. The van der Waals surface area contributed by atoms with Gasteiger partial charge in [-0.2, -0.15) is 11.8 Å². The Morgan fingerprint density at radius 2 is 2.22 bits per heavy atom. The molecular weight excluding hydrogens is 242 g/mol. The number of nitrogens with zero attached hydrogens (tertiary/aromatic N) is 1. The molecule has 1 heterocycles. The van der Waals surface area contributed by atoms with E-state index in [0.29, 0.717) is 6.04 Å². The van der Waals surface area contributed by atoms with Gasteiger partial charge in [-0.3, -0.25) is 4.98 Å². The Hall–Kier alpha value is -1.42. The van der Waals surface area contributed by atoms with E-state index in [1.54, 1.807) is 0 Å². The van der Waals surface area contributed by atoms with E-state index in [-0.39, 0.29) is 0 Å². The number of anilines is 2. The average molecular weight is 261 g/mol. The van der Waals surface area contributed by atoms with Crippen molar-refractivity contribution in [2.75, 3.05) is 23.1 Å². The number of fused-ring (bicyclic) bond motifs is 1. The summed E-state index contributed by atoms with van der Waals surface area (Å²) >= 11 is 1.86. The van der Waals surface area contributed by atoms with Crippen LogP contribution >= 0.6 is 11.8 Å². The van der Waals surface area contributed by atoms with Crippen molar-refractivity contribution < 1.29 is 0 Å². The quantitative estimate of drug-likeness (QED) is 0.810. The molecule has 4 heteroatoms. The number of nitrogen functional groups attached to an aromatic ring is 1. The van der Waals surface area contributed by atoms with Gasteiger partial charge in [-0.1, -0.05) is 19.1 Å². The van der Waals surface area contributed by atoms with Crippen molar-refractivity contribution in [1.82, 2.24) is 4.98 Å². The number of hydrogen-bond acceptors (Lipinski definition) is 4. The maximum Gasteiger partial charge on any atom is 0.0951 e. The lowest BCUT2D eigenvalue weighted by atomic mass is 10.1. The van der Waals surface area contributed by atoms with Crippen molar-refractivity contribution in [3.05, 3.63) is 30.5 Å². The predicted molar refractivity (Wildman–Crippen MR) is 82.2 cm³/mol. The minimum absolute atomic E-state index is 0.479. The van der Waals surface area contributed by atoms with E-state index in [4.69, 9.17) is 5.73 Å². The van der Waals surface area contributed by atoms with Gasteiger partial charge >= 0.3 is 0 Å². The Morgan fingerprint density at radius 1 is 1.39 bits per heavy atom. The molecule has 0 aliphatic rings. The van der Waals surface area contributed by atoms with Gasteiger partial charge in [-0.25, -0.2) is 0 Å². The van der Waals surface area contributed by atoms with Gasteiger partial charge in [0.05, 0.1) is 11.2 Å². The molecular formula is C14H19N3S. The number of nitrogens with two attached hydrogens (primary N) is 1. The summed E-state index contributed by atoms with van der Waals surface area (Å²) in [6.07, 6.45) is 5.05. The highest BCUT2D eigenvalue weighted by Crippen LogP contribution is 2.26. The Bertz CT molecular complexity index is 527. The smallest absolute Gasteiger partial charge is 0.0951 e. The summed E-state index contributed by atoms with van der Waals surface area (Å²) in [7, 11) is 0. The van der Waals surface area contributed by atoms with E-state index in [1.165, 1.54) is 0 Å². The van der Waals surface area contributed by atoms with Gasteiger partial charge in [0.15, 0.2) is 0 Å². The molecule has 0 saturated carbocycles. The van der Waals surface area contributed by atoms with Gasteiger partial charge in [0.25, 0.3) is 0 Å². The first-order chi connectivity index (χ1) is 8.76. The van der Waals surface area contributed by atoms with Crippen LogP contribution in [0.15, 0.2) is 30.5 Å². The third-order valence-corrected chi connectivity index (χ3v) is 3.76. The summed E-state index contributed by atoms with van der Waals surface area (Å²) < 4.78 is 0. The van der Waals surface area contributed by atoms with Crippen molar-refractivity contribution in [2.24, 2.45) is 0 Å². The molecule has 2 rings (SSSR count). The molecule has 0 aliphatic heterocycles. The van der Waals surface area contributed by atoms with Gasteiger partial charge in [-0.15, -0.1) is 0 Å². The minimum atomic E-state index is 0.479. The maximum atomic E-state index is 5.95. The molecule has 96 valence electrons. The Labute approximate surface area is 112 Å².